The van der Waals surface area contributed by atoms with Crippen molar-refractivity contribution in [2.45, 2.75) is 25.5 Å². The Balaban J connectivity index is 1.62. The van der Waals surface area contributed by atoms with E-state index in [0.717, 1.165) is 35.0 Å². The van der Waals surface area contributed by atoms with Crippen molar-refractivity contribution in [2.75, 3.05) is 26.0 Å². The Morgan fingerprint density at radius 1 is 1.48 bits per heavy atom. The van der Waals surface area contributed by atoms with Crippen LogP contribution in [0.25, 0.3) is 0 Å². The minimum absolute atomic E-state index is 0.105. The van der Waals surface area contributed by atoms with Crippen molar-refractivity contribution in [3.05, 3.63) is 40.1 Å². The minimum atomic E-state index is -0.105. The van der Waals surface area contributed by atoms with Crippen molar-refractivity contribution >= 4 is 22.9 Å². The Morgan fingerprint density at radius 2 is 2.35 bits per heavy atom. The Morgan fingerprint density at radius 3 is 3.09 bits per heavy atom. The maximum Gasteiger partial charge on any atom is 0.272 e. The molecule has 3 rings (SSSR count). The van der Waals surface area contributed by atoms with Gasteiger partial charge in [-0.1, -0.05) is 0 Å². The molecular weight excluding hydrogens is 312 g/mol. The second-order valence-corrected chi connectivity index (χ2v) is 6.80. The van der Waals surface area contributed by atoms with Crippen LogP contribution in [0, 0.1) is 0 Å². The maximum atomic E-state index is 11.9. The molecule has 6 nitrogen and oxygen atoms in total. The number of nitrogens with zero attached hydrogens (tertiary/aromatic N) is 3. The van der Waals surface area contributed by atoms with Crippen LogP contribution in [0.4, 0.5) is 5.69 Å². The predicted octanol–water partition coefficient (Wildman–Crippen LogP) is 2.70. The molecule has 3 heterocycles. The third-order valence-electron chi connectivity index (χ3n) is 3.63. The van der Waals surface area contributed by atoms with Crippen molar-refractivity contribution in [1.29, 1.82) is 0 Å². The topological polar surface area (TPSA) is 67.4 Å². The van der Waals surface area contributed by atoms with Crippen LogP contribution < -0.4 is 5.32 Å². The highest BCUT2D eigenvalue weighted by Gasteiger charge is 2.20. The van der Waals surface area contributed by atoms with E-state index in [1.54, 1.807) is 37.7 Å². The number of carbonyl (C=O) groups excluding carboxylic acids is 1. The van der Waals surface area contributed by atoms with Gasteiger partial charge in [0.25, 0.3) is 5.91 Å². The normalized spacial score (nSPS) is 17.2. The molecule has 1 unspecified atom stereocenters. The lowest BCUT2D eigenvalue weighted by molar-refractivity contribution is 0.0822. The van der Waals surface area contributed by atoms with Gasteiger partial charge in [0, 0.05) is 43.7 Å². The molecule has 1 N–H and O–H groups in total. The Bertz CT molecular complexity index is 680. The van der Waals surface area contributed by atoms with Crippen LogP contribution in [-0.4, -0.2) is 41.5 Å². The van der Waals surface area contributed by atoms with E-state index in [4.69, 9.17) is 4.74 Å². The first-order valence-corrected chi connectivity index (χ1v) is 8.43. The first-order chi connectivity index (χ1) is 11.1. The van der Waals surface area contributed by atoms with Gasteiger partial charge in [-0.3, -0.25) is 9.78 Å². The van der Waals surface area contributed by atoms with Crippen LogP contribution in [0.5, 0.6) is 0 Å². The molecule has 0 saturated carbocycles. The second kappa shape index (κ2) is 7.06. The van der Waals surface area contributed by atoms with Crippen LogP contribution >= 0.6 is 11.3 Å². The Hall–Kier alpha value is -1.99. The average Bonchev–Trinajstić information content (AvgIpc) is 3.23. The fourth-order valence-corrected chi connectivity index (χ4v) is 3.34. The SMILES string of the molecule is CN(C)C(=O)c1cc(NCc2cnc(C3CCCO3)s2)ccn1. The molecule has 7 heteroatoms. The smallest absolute Gasteiger partial charge is 0.272 e. The van der Waals surface area contributed by atoms with Gasteiger partial charge >= 0.3 is 0 Å². The zero-order chi connectivity index (χ0) is 16.2. The number of aromatic nitrogens is 2. The summed E-state index contributed by atoms with van der Waals surface area (Å²) >= 11 is 1.68. The summed E-state index contributed by atoms with van der Waals surface area (Å²) < 4.78 is 5.66. The fourth-order valence-electron chi connectivity index (χ4n) is 2.40. The molecule has 1 amide bonds. The molecule has 0 radical (unpaired) electrons. The van der Waals surface area contributed by atoms with Gasteiger partial charge in [0.1, 0.15) is 16.8 Å². The average molecular weight is 332 g/mol. The molecule has 0 bridgehead atoms. The van der Waals surface area contributed by atoms with E-state index in [1.165, 1.54) is 4.90 Å². The van der Waals surface area contributed by atoms with E-state index in [-0.39, 0.29) is 12.0 Å². The highest BCUT2D eigenvalue weighted by molar-refractivity contribution is 7.11. The Kier molecular flexibility index (Phi) is 4.88. The van der Waals surface area contributed by atoms with Gasteiger partial charge in [-0.05, 0) is 25.0 Å². The van der Waals surface area contributed by atoms with E-state index in [9.17, 15) is 4.79 Å². The molecule has 1 atom stereocenters. The van der Waals surface area contributed by atoms with E-state index in [2.05, 4.69) is 15.3 Å². The lowest BCUT2D eigenvalue weighted by Gasteiger charge is -2.11. The molecule has 1 aliphatic heterocycles. The summed E-state index contributed by atoms with van der Waals surface area (Å²) in [5.74, 6) is -0.105. The maximum absolute atomic E-state index is 11.9. The van der Waals surface area contributed by atoms with Crippen molar-refractivity contribution in [1.82, 2.24) is 14.9 Å². The van der Waals surface area contributed by atoms with Crippen LogP contribution in [0.2, 0.25) is 0 Å². The molecule has 0 aliphatic carbocycles. The first kappa shape index (κ1) is 15.9. The van der Waals surface area contributed by atoms with Crippen LogP contribution in [0.3, 0.4) is 0 Å². The van der Waals surface area contributed by atoms with Crippen LogP contribution in [-0.2, 0) is 11.3 Å². The number of ether oxygens (including phenoxy) is 1. The summed E-state index contributed by atoms with van der Waals surface area (Å²) in [6.45, 7) is 1.50. The quantitative estimate of drug-likeness (QED) is 0.912. The van der Waals surface area contributed by atoms with Gasteiger partial charge < -0.3 is 15.0 Å². The number of hydrogen-bond donors (Lipinski definition) is 1. The van der Waals surface area contributed by atoms with Gasteiger partial charge in [-0.25, -0.2) is 4.98 Å². The summed E-state index contributed by atoms with van der Waals surface area (Å²) in [6.07, 6.45) is 5.86. The molecule has 0 spiro atoms. The largest absolute Gasteiger partial charge is 0.380 e. The summed E-state index contributed by atoms with van der Waals surface area (Å²) in [4.78, 5) is 23.2. The highest BCUT2D eigenvalue weighted by atomic mass is 32.1. The molecule has 1 aliphatic rings. The molecule has 122 valence electrons. The number of nitrogens with one attached hydrogen (secondary N) is 1. The number of thiazole rings is 1. The fraction of sp³-hybridized carbons (Fsp3) is 0.438. The van der Waals surface area contributed by atoms with E-state index < -0.39 is 0 Å². The van der Waals surface area contributed by atoms with Gasteiger partial charge in [-0.2, -0.15) is 0 Å². The molecular formula is C16H20N4O2S. The number of carbonyl (C=O) groups is 1. The third-order valence-corrected chi connectivity index (χ3v) is 4.72. The lowest BCUT2D eigenvalue weighted by atomic mass is 10.2. The van der Waals surface area contributed by atoms with E-state index in [1.807, 2.05) is 12.3 Å². The van der Waals surface area contributed by atoms with Gasteiger partial charge in [0.15, 0.2) is 0 Å². The van der Waals surface area contributed by atoms with Crippen molar-refractivity contribution in [3.8, 4) is 0 Å². The van der Waals surface area contributed by atoms with Crippen LogP contribution in [0.1, 0.15) is 39.3 Å². The lowest BCUT2D eigenvalue weighted by Crippen LogP contribution is -2.22. The molecule has 2 aromatic heterocycles. The number of pyridine rings is 1. The highest BCUT2D eigenvalue weighted by Crippen LogP contribution is 2.31. The van der Waals surface area contributed by atoms with Crippen molar-refractivity contribution in [2.24, 2.45) is 0 Å². The molecule has 23 heavy (non-hydrogen) atoms. The number of anilines is 1. The summed E-state index contributed by atoms with van der Waals surface area (Å²) in [6, 6.07) is 3.62. The monoisotopic (exact) mass is 332 g/mol. The van der Waals surface area contributed by atoms with E-state index >= 15 is 0 Å². The number of hydrogen-bond acceptors (Lipinski definition) is 6. The summed E-state index contributed by atoms with van der Waals surface area (Å²) in [5, 5.41) is 4.37. The van der Waals surface area contributed by atoms with Crippen molar-refractivity contribution < 1.29 is 9.53 Å². The zero-order valence-electron chi connectivity index (χ0n) is 13.3. The van der Waals surface area contributed by atoms with Crippen molar-refractivity contribution in [3.63, 3.8) is 0 Å². The molecule has 1 fully saturated rings. The molecule has 1 saturated heterocycles. The van der Waals surface area contributed by atoms with Gasteiger partial charge in [-0.15, -0.1) is 11.3 Å². The third kappa shape index (κ3) is 3.86. The number of amides is 1. The van der Waals surface area contributed by atoms with E-state index in [0.29, 0.717) is 12.2 Å². The second-order valence-electron chi connectivity index (χ2n) is 5.65. The first-order valence-electron chi connectivity index (χ1n) is 7.61. The molecule has 0 aromatic carbocycles. The zero-order valence-corrected chi connectivity index (χ0v) is 14.1. The standard InChI is InChI=1S/C16H20N4O2S/c1-20(2)16(21)13-8-11(5-6-17-13)18-9-12-10-19-15(23-12)14-4-3-7-22-14/h5-6,8,10,14H,3-4,7,9H2,1-2H3,(H,17,18). The molecule has 2 aromatic rings. The predicted molar refractivity (Wildman–Crippen MR) is 89.6 cm³/mol. The number of rotatable bonds is 5. The van der Waals surface area contributed by atoms with Gasteiger partial charge in [0.05, 0.1) is 6.54 Å². The summed E-state index contributed by atoms with van der Waals surface area (Å²) in [7, 11) is 3.43. The van der Waals surface area contributed by atoms with Crippen LogP contribution in [0.15, 0.2) is 24.5 Å². The summed E-state index contributed by atoms with van der Waals surface area (Å²) in [5.41, 5.74) is 1.31. The minimum Gasteiger partial charge on any atom is -0.380 e. The van der Waals surface area contributed by atoms with Gasteiger partial charge in [0.2, 0.25) is 0 Å². The Labute approximate surface area is 139 Å².